The molecule has 0 aliphatic heterocycles. The molecule has 0 atom stereocenters. The molecule has 13 rings (SSSR count). The van der Waals surface area contributed by atoms with Gasteiger partial charge in [-0.2, -0.15) is 9.97 Å². The molecule has 0 aliphatic carbocycles. The van der Waals surface area contributed by atoms with Gasteiger partial charge in [0.2, 0.25) is 5.95 Å². The Hall–Kier alpha value is -7.99. The second-order valence-corrected chi connectivity index (χ2v) is 17.8. The van der Waals surface area contributed by atoms with Crippen LogP contribution in [-0.4, -0.2) is 19.5 Å². The molecule has 0 amide bonds. The zero-order valence-electron chi connectivity index (χ0n) is 36.0. The van der Waals surface area contributed by atoms with Gasteiger partial charge >= 0.3 is 0 Å². The molecule has 4 nitrogen and oxygen atoms in total. The lowest BCUT2D eigenvalue weighted by molar-refractivity contribution is 0.954. The van der Waals surface area contributed by atoms with Crippen molar-refractivity contribution in [3.63, 3.8) is 0 Å². The molecule has 0 aliphatic rings. The maximum atomic E-state index is 5.42. The number of nitrogens with zero attached hydrogens (tertiary/aromatic N) is 4. The molecule has 3 heterocycles. The number of aromatic nitrogens is 4. The van der Waals surface area contributed by atoms with E-state index in [9.17, 15) is 0 Å². The minimum atomic E-state index is 0.570. The van der Waals surface area contributed by atoms with Crippen LogP contribution in [0.25, 0.3) is 125 Å². The highest BCUT2D eigenvalue weighted by molar-refractivity contribution is 7.26. The molecule has 0 saturated heterocycles. The summed E-state index contributed by atoms with van der Waals surface area (Å²) in [5.41, 5.74) is 8.52. The summed E-state index contributed by atoms with van der Waals surface area (Å²) in [5.74, 6) is 1.80. The minimum Gasteiger partial charge on any atom is -0.277 e. The van der Waals surface area contributed by atoms with Crippen LogP contribution in [0.2, 0.25) is 0 Å². The van der Waals surface area contributed by atoms with E-state index in [1.807, 2.05) is 17.4 Å². The van der Waals surface area contributed by atoms with Crippen molar-refractivity contribution in [3.05, 3.63) is 206 Å². The fraction of sp³-hybridized carbons (Fsp3) is 0.0500. The number of fused-ring (bicyclic) bond motifs is 10. The largest absolute Gasteiger partial charge is 0.277 e. The van der Waals surface area contributed by atoms with Gasteiger partial charge in [0.15, 0.2) is 11.6 Å². The Morgan fingerprint density at radius 3 is 1.74 bits per heavy atom. The lowest BCUT2D eigenvalue weighted by Crippen LogP contribution is -2.07. The predicted molar refractivity (Wildman–Crippen MR) is 277 cm³/mol. The number of hydrogen-bond acceptors (Lipinski definition) is 4. The van der Waals surface area contributed by atoms with Crippen LogP contribution in [0.3, 0.4) is 0 Å². The van der Waals surface area contributed by atoms with E-state index in [0.717, 1.165) is 60.4 Å². The molecule has 0 bridgehead atoms. The molecule has 0 unspecified atom stereocenters. The van der Waals surface area contributed by atoms with Crippen molar-refractivity contribution in [2.45, 2.75) is 20.3 Å². The Balaban J connectivity index is 0.00000144. The Morgan fingerprint density at radius 2 is 0.954 bits per heavy atom. The average molecular weight is 851 g/mol. The second-order valence-electron chi connectivity index (χ2n) is 16.7. The van der Waals surface area contributed by atoms with Crippen molar-refractivity contribution in [1.29, 1.82) is 0 Å². The average Bonchev–Trinajstić information content (AvgIpc) is 3.91. The van der Waals surface area contributed by atoms with Crippen LogP contribution in [0.1, 0.15) is 20.3 Å². The summed E-state index contributed by atoms with van der Waals surface area (Å²) in [6.45, 7) is 4.25. The zero-order valence-corrected chi connectivity index (χ0v) is 36.9. The van der Waals surface area contributed by atoms with Crippen molar-refractivity contribution in [3.8, 4) is 51.0 Å². The fourth-order valence-electron chi connectivity index (χ4n) is 9.40. The number of thiophene rings is 1. The molecular formula is C60H42N4S. The first kappa shape index (κ1) is 38.7. The summed E-state index contributed by atoms with van der Waals surface area (Å²) in [4.78, 5) is 16.1. The summed E-state index contributed by atoms with van der Waals surface area (Å²) in [6.07, 6.45) is 1.25. The molecule has 65 heavy (non-hydrogen) atoms. The maximum absolute atomic E-state index is 5.42. The topological polar surface area (TPSA) is 43.6 Å². The third-order valence-electron chi connectivity index (χ3n) is 12.4. The van der Waals surface area contributed by atoms with Crippen LogP contribution in [0.5, 0.6) is 0 Å². The lowest BCUT2D eigenvalue weighted by atomic mass is 9.98. The van der Waals surface area contributed by atoms with Gasteiger partial charge in [-0.3, -0.25) is 4.57 Å². The van der Waals surface area contributed by atoms with Crippen LogP contribution < -0.4 is 0 Å². The second kappa shape index (κ2) is 16.0. The van der Waals surface area contributed by atoms with E-state index >= 15 is 0 Å². The Labute approximate surface area is 380 Å². The standard InChI is InChI=1S/C57H34N4S.C3H8/c1-2-11-35(12-3-1)37-21-24-39(25-22-37)55-58-56(44-26-23-36-13-4-5-15-40(36)31-44)60-57(59-55)61-50-34-42-17-7-6-16-41(42)32-48(50)47-20-10-19-46(54(47)61)43-28-29-51-49(33-43)53-45-18-9-8-14-38(45)27-30-52(53)62-51;1-3-2/h1-34H;3H2,1-2H3. The van der Waals surface area contributed by atoms with Crippen molar-refractivity contribution in [2.24, 2.45) is 0 Å². The molecule has 10 aromatic carbocycles. The number of rotatable bonds is 5. The Bertz CT molecular complexity index is 3940. The first-order valence-electron chi connectivity index (χ1n) is 22.3. The number of hydrogen-bond donors (Lipinski definition) is 0. The van der Waals surface area contributed by atoms with Gasteiger partial charge in [0.05, 0.1) is 11.0 Å². The van der Waals surface area contributed by atoms with Gasteiger partial charge in [0.1, 0.15) is 0 Å². The summed E-state index contributed by atoms with van der Waals surface area (Å²) < 4.78 is 4.86. The quantitative estimate of drug-likeness (QED) is 0.173. The molecule has 0 saturated carbocycles. The van der Waals surface area contributed by atoms with Crippen LogP contribution >= 0.6 is 11.3 Å². The first-order chi connectivity index (χ1) is 32.1. The SMILES string of the molecule is CCC.c1ccc(-c2ccc(-c3nc(-c4ccc5ccccc5c4)nc(-n4c5cc6ccccc6cc5c5cccc(-c6ccc7sc8ccc9ccccc9c8c7c6)c54)n3)cc2)cc1. The minimum absolute atomic E-state index is 0.570. The van der Waals surface area contributed by atoms with E-state index in [2.05, 4.69) is 219 Å². The van der Waals surface area contributed by atoms with E-state index < -0.39 is 0 Å². The van der Waals surface area contributed by atoms with E-state index in [0.29, 0.717) is 17.6 Å². The van der Waals surface area contributed by atoms with Crippen molar-refractivity contribution in [2.75, 3.05) is 0 Å². The number of benzene rings is 10. The van der Waals surface area contributed by atoms with Crippen LogP contribution in [0.15, 0.2) is 206 Å². The predicted octanol–water partition coefficient (Wildman–Crippen LogP) is 16.9. The summed E-state index contributed by atoms with van der Waals surface area (Å²) >= 11 is 1.86. The molecule has 308 valence electrons. The van der Waals surface area contributed by atoms with Crippen LogP contribution in [0.4, 0.5) is 0 Å². The Morgan fingerprint density at radius 1 is 0.385 bits per heavy atom. The molecule has 3 aromatic heterocycles. The third kappa shape index (κ3) is 6.71. The fourth-order valence-corrected chi connectivity index (χ4v) is 10.5. The van der Waals surface area contributed by atoms with Gasteiger partial charge in [0.25, 0.3) is 0 Å². The highest BCUT2D eigenvalue weighted by Gasteiger charge is 2.22. The van der Waals surface area contributed by atoms with E-state index in [1.165, 1.54) is 53.7 Å². The summed E-state index contributed by atoms with van der Waals surface area (Å²) in [7, 11) is 0. The van der Waals surface area contributed by atoms with Gasteiger partial charge in [-0.1, -0.05) is 190 Å². The molecule has 0 radical (unpaired) electrons. The van der Waals surface area contributed by atoms with Gasteiger partial charge in [-0.05, 0) is 85.4 Å². The van der Waals surface area contributed by atoms with Gasteiger partial charge in [-0.25, -0.2) is 4.98 Å². The maximum Gasteiger partial charge on any atom is 0.238 e. The van der Waals surface area contributed by atoms with Crippen molar-refractivity contribution in [1.82, 2.24) is 19.5 Å². The highest BCUT2D eigenvalue weighted by Crippen LogP contribution is 2.44. The Kier molecular flexibility index (Phi) is 9.50. The summed E-state index contributed by atoms with van der Waals surface area (Å²) in [6, 6.07) is 74.0. The molecular weight excluding hydrogens is 809 g/mol. The van der Waals surface area contributed by atoms with E-state index in [1.54, 1.807) is 0 Å². The molecule has 13 aromatic rings. The first-order valence-corrected chi connectivity index (χ1v) is 23.2. The summed E-state index contributed by atoms with van der Waals surface area (Å²) in [5, 5.41) is 12.1. The monoisotopic (exact) mass is 850 g/mol. The molecule has 0 fully saturated rings. The van der Waals surface area contributed by atoms with Crippen molar-refractivity contribution < 1.29 is 0 Å². The van der Waals surface area contributed by atoms with Crippen molar-refractivity contribution >= 4 is 85.6 Å². The third-order valence-corrected chi connectivity index (χ3v) is 13.5. The van der Waals surface area contributed by atoms with Gasteiger partial charge in [-0.15, -0.1) is 11.3 Å². The van der Waals surface area contributed by atoms with Gasteiger partial charge < -0.3 is 0 Å². The van der Waals surface area contributed by atoms with Crippen LogP contribution in [0, 0.1) is 0 Å². The molecule has 0 spiro atoms. The molecule has 5 heteroatoms. The van der Waals surface area contributed by atoms with Crippen LogP contribution in [-0.2, 0) is 0 Å². The number of para-hydroxylation sites is 1. The van der Waals surface area contributed by atoms with Gasteiger partial charge in [0, 0.05) is 47.6 Å². The highest BCUT2D eigenvalue weighted by atomic mass is 32.1. The van der Waals surface area contributed by atoms with E-state index in [-0.39, 0.29) is 0 Å². The zero-order chi connectivity index (χ0) is 43.4. The van der Waals surface area contributed by atoms with E-state index in [4.69, 9.17) is 15.0 Å². The smallest absolute Gasteiger partial charge is 0.238 e. The lowest BCUT2D eigenvalue weighted by Gasteiger charge is -2.14. The normalized spacial score (nSPS) is 11.6. The molecule has 0 N–H and O–H groups in total.